The highest BCUT2D eigenvalue weighted by molar-refractivity contribution is 8.17. The van der Waals surface area contributed by atoms with Crippen molar-refractivity contribution in [2.45, 2.75) is 58.9 Å². The van der Waals surface area contributed by atoms with E-state index >= 15 is 0 Å². The fourth-order valence-electron chi connectivity index (χ4n) is 6.00. The zero-order chi connectivity index (χ0) is 25.8. The fraction of sp³-hybridized carbons (Fsp3) is 0.387. The molecule has 1 fully saturated rings. The molecule has 2 aliphatic rings. The molecule has 37 heavy (non-hydrogen) atoms. The van der Waals surface area contributed by atoms with E-state index in [9.17, 15) is 4.79 Å². The van der Waals surface area contributed by atoms with Crippen LogP contribution >= 0.6 is 23.5 Å². The Kier molecular flexibility index (Phi) is 8.06. The van der Waals surface area contributed by atoms with Crippen LogP contribution in [0.5, 0.6) is 11.5 Å². The molecule has 0 bridgehead atoms. The zero-order valence-electron chi connectivity index (χ0n) is 21.8. The van der Waals surface area contributed by atoms with E-state index in [4.69, 9.17) is 9.47 Å². The van der Waals surface area contributed by atoms with Gasteiger partial charge in [0.15, 0.2) is 11.5 Å². The zero-order valence-corrected chi connectivity index (χ0v) is 23.4. The Bertz CT molecular complexity index is 1180. The molecule has 4 nitrogen and oxygen atoms in total. The molecule has 0 radical (unpaired) electrons. The van der Waals surface area contributed by atoms with E-state index < -0.39 is 0 Å². The molecule has 6 heteroatoms. The number of rotatable bonds is 10. The van der Waals surface area contributed by atoms with Crippen molar-refractivity contribution in [3.63, 3.8) is 0 Å². The minimum Gasteiger partial charge on any atom is -0.493 e. The van der Waals surface area contributed by atoms with Crippen molar-refractivity contribution in [2.75, 3.05) is 20.8 Å². The van der Waals surface area contributed by atoms with Gasteiger partial charge in [-0.25, -0.2) is 0 Å². The predicted molar refractivity (Wildman–Crippen MR) is 153 cm³/mol. The summed E-state index contributed by atoms with van der Waals surface area (Å²) >= 11 is 3.78. The van der Waals surface area contributed by atoms with Crippen molar-refractivity contribution in [2.24, 2.45) is 5.92 Å². The second kappa shape index (κ2) is 11.4. The number of ether oxygens (including phenoxy) is 2. The molecule has 2 heterocycles. The van der Waals surface area contributed by atoms with Crippen molar-refractivity contribution < 1.29 is 14.3 Å². The van der Waals surface area contributed by atoms with E-state index in [0.29, 0.717) is 6.42 Å². The molecule has 0 saturated carbocycles. The SMILES string of the molecule is CCCC[C@]12c3cc(OC)c(OC)cc3CCN1C(=O)C[C@@H]2C(Sc1ccccc1)Sc1ccccc1. The second-order valence-corrected chi connectivity index (χ2v) is 12.5. The molecule has 0 aromatic heterocycles. The third kappa shape index (κ3) is 4.98. The Morgan fingerprint density at radius 3 is 2.11 bits per heavy atom. The lowest BCUT2D eigenvalue weighted by molar-refractivity contribution is -0.132. The van der Waals surface area contributed by atoms with Crippen molar-refractivity contribution in [3.8, 4) is 11.5 Å². The first kappa shape index (κ1) is 26.1. The number of unbranched alkanes of at least 4 members (excludes halogenated alkanes) is 1. The van der Waals surface area contributed by atoms with Crippen molar-refractivity contribution in [3.05, 3.63) is 83.9 Å². The number of carbonyl (C=O) groups is 1. The van der Waals surface area contributed by atoms with E-state index in [1.807, 2.05) is 23.5 Å². The van der Waals surface area contributed by atoms with Crippen LogP contribution in [0.25, 0.3) is 0 Å². The number of hydrogen-bond donors (Lipinski definition) is 0. The lowest BCUT2D eigenvalue weighted by Crippen LogP contribution is -2.52. The van der Waals surface area contributed by atoms with Crippen LogP contribution in [0, 0.1) is 5.92 Å². The van der Waals surface area contributed by atoms with Gasteiger partial charge in [-0.15, -0.1) is 23.5 Å². The summed E-state index contributed by atoms with van der Waals surface area (Å²) < 4.78 is 11.6. The van der Waals surface area contributed by atoms with Crippen LogP contribution in [0.3, 0.4) is 0 Å². The molecular formula is C31H35NO3S2. The summed E-state index contributed by atoms with van der Waals surface area (Å²) in [6.07, 6.45) is 4.49. The van der Waals surface area contributed by atoms with Crippen molar-refractivity contribution in [1.29, 1.82) is 0 Å². The van der Waals surface area contributed by atoms with Crippen LogP contribution in [0.1, 0.15) is 43.7 Å². The second-order valence-electron chi connectivity index (χ2n) is 9.73. The highest BCUT2D eigenvalue weighted by Crippen LogP contribution is 2.58. The third-order valence-corrected chi connectivity index (χ3v) is 10.5. The quantitative estimate of drug-likeness (QED) is 0.200. The first-order valence-corrected chi connectivity index (χ1v) is 14.9. The molecule has 5 rings (SSSR count). The average Bonchev–Trinajstić information content (AvgIpc) is 3.24. The molecule has 0 spiro atoms. The van der Waals surface area contributed by atoms with Crippen LogP contribution in [-0.2, 0) is 16.8 Å². The van der Waals surface area contributed by atoms with Crippen LogP contribution in [0.2, 0.25) is 0 Å². The highest BCUT2D eigenvalue weighted by atomic mass is 32.2. The van der Waals surface area contributed by atoms with Gasteiger partial charge < -0.3 is 14.4 Å². The number of carbonyl (C=O) groups excluding carboxylic acids is 1. The highest BCUT2D eigenvalue weighted by Gasteiger charge is 2.58. The number of benzene rings is 3. The van der Waals surface area contributed by atoms with Gasteiger partial charge in [0, 0.05) is 28.7 Å². The summed E-state index contributed by atoms with van der Waals surface area (Å²) in [7, 11) is 3.39. The van der Waals surface area contributed by atoms with Gasteiger partial charge in [0.1, 0.15) is 0 Å². The molecule has 2 atom stereocenters. The maximum atomic E-state index is 13.7. The first-order valence-electron chi connectivity index (χ1n) is 13.1. The van der Waals surface area contributed by atoms with Crippen molar-refractivity contribution in [1.82, 2.24) is 4.90 Å². The smallest absolute Gasteiger partial charge is 0.223 e. The number of nitrogens with zero attached hydrogens (tertiary/aromatic N) is 1. The number of thioether (sulfide) groups is 2. The molecule has 1 saturated heterocycles. The molecule has 3 aromatic carbocycles. The summed E-state index contributed by atoms with van der Waals surface area (Å²) in [6.45, 7) is 2.99. The Labute approximate surface area is 229 Å². The average molecular weight is 534 g/mol. The number of amides is 1. The maximum Gasteiger partial charge on any atom is 0.223 e. The predicted octanol–water partition coefficient (Wildman–Crippen LogP) is 7.40. The van der Waals surface area contributed by atoms with Gasteiger partial charge in [-0.3, -0.25) is 4.79 Å². The van der Waals surface area contributed by atoms with E-state index in [-0.39, 0.29) is 21.9 Å². The molecular weight excluding hydrogens is 498 g/mol. The third-order valence-electron chi connectivity index (χ3n) is 7.70. The van der Waals surface area contributed by atoms with Gasteiger partial charge >= 0.3 is 0 Å². The molecule has 0 unspecified atom stereocenters. The Hall–Kier alpha value is -2.57. The topological polar surface area (TPSA) is 38.8 Å². The molecule has 1 amide bonds. The van der Waals surface area contributed by atoms with Gasteiger partial charge in [0.25, 0.3) is 0 Å². The maximum absolute atomic E-state index is 13.7. The molecule has 0 N–H and O–H groups in total. The van der Waals surface area contributed by atoms with Crippen LogP contribution < -0.4 is 9.47 Å². The molecule has 3 aromatic rings. The van der Waals surface area contributed by atoms with Gasteiger partial charge in [0.05, 0.1) is 24.3 Å². The summed E-state index contributed by atoms with van der Waals surface area (Å²) in [4.78, 5) is 18.4. The van der Waals surface area contributed by atoms with Gasteiger partial charge in [-0.2, -0.15) is 0 Å². The summed E-state index contributed by atoms with van der Waals surface area (Å²) in [5.41, 5.74) is 2.15. The van der Waals surface area contributed by atoms with Crippen LogP contribution in [0.4, 0.5) is 0 Å². The number of hydrogen-bond acceptors (Lipinski definition) is 5. The van der Waals surface area contributed by atoms with E-state index in [0.717, 1.165) is 43.7 Å². The van der Waals surface area contributed by atoms with Gasteiger partial charge in [-0.1, -0.05) is 56.2 Å². The fourth-order valence-corrected chi connectivity index (χ4v) is 9.00. The van der Waals surface area contributed by atoms with E-state index in [2.05, 4.69) is 84.6 Å². The molecule has 2 aliphatic heterocycles. The number of fused-ring (bicyclic) bond motifs is 3. The Balaban J connectivity index is 1.66. The van der Waals surface area contributed by atoms with Crippen LogP contribution in [0.15, 0.2) is 82.6 Å². The van der Waals surface area contributed by atoms with Gasteiger partial charge in [0.2, 0.25) is 5.91 Å². The van der Waals surface area contributed by atoms with E-state index in [1.165, 1.54) is 20.9 Å². The monoisotopic (exact) mass is 533 g/mol. The number of methoxy groups -OCH3 is 2. The summed E-state index contributed by atoms with van der Waals surface area (Å²) in [6, 6.07) is 25.5. The lowest BCUT2D eigenvalue weighted by atomic mass is 9.71. The van der Waals surface area contributed by atoms with Crippen molar-refractivity contribution >= 4 is 29.4 Å². The normalized spacial score (nSPS) is 20.6. The standard InChI is InChI=1S/C31H35NO3S2/c1-4-5-17-31-25-20-28(35-3)27(34-2)19-22(25)16-18-32(31)29(33)21-26(31)30(36-23-12-8-6-9-13-23)37-24-14-10-7-11-15-24/h6-15,19-20,26,30H,4-5,16-18,21H2,1-3H3/t26-,31-/m1/s1. The van der Waals surface area contributed by atoms with Gasteiger partial charge in [-0.05, 0) is 60.4 Å². The van der Waals surface area contributed by atoms with E-state index in [1.54, 1.807) is 14.2 Å². The summed E-state index contributed by atoms with van der Waals surface area (Å²) in [5, 5.41) is 0. The molecule has 194 valence electrons. The first-order chi connectivity index (χ1) is 18.1. The Morgan fingerprint density at radius 1 is 0.946 bits per heavy atom. The molecule has 0 aliphatic carbocycles. The van der Waals surface area contributed by atoms with Crippen LogP contribution in [-0.4, -0.2) is 36.2 Å². The largest absolute Gasteiger partial charge is 0.493 e. The lowest BCUT2D eigenvalue weighted by Gasteiger charge is -2.49. The Morgan fingerprint density at radius 2 is 1.54 bits per heavy atom. The summed E-state index contributed by atoms with van der Waals surface area (Å²) in [5.74, 6) is 1.91. The minimum atomic E-state index is -0.367. The minimum absolute atomic E-state index is 0.138.